The number of hydrogen-bond donors (Lipinski definition) is 0. The molecule has 3 nitrogen and oxygen atoms in total. The minimum atomic E-state index is 0.348. The lowest BCUT2D eigenvalue weighted by atomic mass is 9.92. The van der Waals surface area contributed by atoms with E-state index < -0.39 is 0 Å². The SMILES string of the molecule is Cc1cc(N2CC(C)CC(C)C2)nc(Cl)n1. The molecule has 0 spiro atoms. The Morgan fingerprint density at radius 1 is 1.25 bits per heavy atom. The first-order valence-corrected chi connectivity index (χ1v) is 6.18. The molecule has 0 radical (unpaired) electrons. The van der Waals surface area contributed by atoms with Gasteiger partial charge in [-0.2, -0.15) is 0 Å². The summed E-state index contributed by atoms with van der Waals surface area (Å²) >= 11 is 5.89. The molecular formula is C12H18ClN3. The lowest BCUT2D eigenvalue weighted by Crippen LogP contribution is -2.39. The lowest BCUT2D eigenvalue weighted by Gasteiger charge is -2.35. The molecular weight excluding hydrogens is 222 g/mol. The Morgan fingerprint density at radius 2 is 1.88 bits per heavy atom. The van der Waals surface area contributed by atoms with E-state index in [1.807, 2.05) is 13.0 Å². The van der Waals surface area contributed by atoms with Crippen molar-refractivity contribution in [2.24, 2.45) is 11.8 Å². The van der Waals surface area contributed by atoms with Crippen LogP contribution in [0, 0.1) is 18.8 Å². The van der Waals surface area contributed by atoms with Crippen LogP contribution in [-0.4, -0.2) is 23.1 Å². The normalized spacial score (nSPS) is 25.9. The molecule has 0 amide bonds. The lowest BCUT2D eigenvalue weighted by molar-refractivity contribution is 0.355. The molecule has 2 unspecified atom stereocenters. The zero-order chi connectivity index (χ0) is 11.7. The third-order valence-electron chi connectivity index (χ3n) is 3.01. The van der Waals surface area contributed by atoms with Gasteiger partial charge in [0, 0.05) is 24.8 Å². The number of piperidine rings is 1. The Kier molecular flexibility index (Phi) is 3.33. The Balaban J connectivity index is 2.22. The van der Waals surface area contributed by atoms with E-state index in [4.69, 9.17) is 11.6 Å². The molecule has 0 bridgehead atoms. The van der Waals surface area contributed by atoms with E-state index in [1.165, 1.54) is 6.42 Å². The minimum absolute atomic E-state index is 0.348. The van der Waals surface area contributed by atoms with E-state index in [1.54, 1.807) is 0 Å². The molecule has 1 aliphatic rings. The molecule has 1 saturated heterocycles. The minimum Gasteiger partial charge on any atom is -0.356 e. The largest absolute Gasteiger partial charge is 0.356 e. The van der Waals surface area contributed by atoms with Crippen molar-refractivity contribution in [1.82, 2.24) is 9.97 Å². The van der Waals surface area contributed by atoms with Crippen molar-refractivity contribution in [1.29, 1.82) is 0 Å². The van der Waals surface area contributed by atoms with Crippen molar-refractivity contribution in [3.8, 4) is 0 Å². The van der Waals surface area contributed by atoms with Crippen LogP contribution in [0.1, 0.15) is 26.0 Å². The summed E-state index contributed by atoms with van der Waals surface area (Å²) in [5.41, 5.74) is 0.931. The maximum atomic E-state index is 5.89. The molecule has 1 fully saturated rings. The Hall–Kier alpha value is -0.830. The standard InChI is InChI=1S/C12H18ClN3/c1-8-4-9(2)7-16(6-8)11-5-10(3)14-12(13)15-11/h5,8-9H,4,6-7H2,1-3H3. The highest BCUT2D eigenvalue weighted by molar-refractivity contribution is 6.28. The molecule has 1 aliphatic heterocycles. The summed E-state index contributed by atoms with van der Waals surface area (Å²) in [7, 11) is 0. The topological polar surface area (TPSA) is 29.0 Å². The van der Waals surface area contributed by atoms with Gasteiger partial charge in [-0.3, -0.25) is 0 Å². The second kappa shape index (κ2) is 4.58. The summed E-state index contributed by atoms with van der Waals surface area (Å²) in [5.74, 6) is 2.41. The Morgan fingerprint density at radius 3 is 2.44 bits per heavy atom. The summed E-state index contributed by atoms with van der Waals surface area (Å²) in [6, 6.07) is 2.01. The fraction of sp³-hybridized carbons (Fsp3) is 0.667. The molecule has 1 aromatic rings. The maximum Gasteiger partial charge on any atom is 0.224 e. The average Bonchev–Trinajstić information content (AvgIpc) is 2.14. The molecule has 0 saturated carbocycles. The first-order chi connectivity index (χ1) is 7.54. The van der Waals surface area contributed by atoms with Crippen LogP contribution in [0.3, 0.4) is 0 Å². The first kappa shape index (κ1) is 11.6. The third-order valence-corrected chi connectivity index (χ3v) is 3.18. The van der Waals surface area contributed by atoms with E-state index in [2.05, 4.69) is 28.7 Å². The van der Waals surface area contributed by atoms with Gasteiger partial charge in [-0.15, -0.1) is 0 Å². The number of aromatic nitrogens is 2. The zero-order valence-electron chi connectivity index (χ0n) is 10.1. The number of hydrogen-bond acceptors (Lipinski definition) is 3. The predicted molar refractivity (Wildman–Crippen MR) is 66.9 cm³/mol. The third kappa shape index (κ3) is 2.64. The molecule has 16 heavy (non-hydrogen) atoms. The predicted octanol–water partition coefficient (Wildman–Crippen LogP) is 2.92. The number of aryl methyl sites for hydroxylation is 1. The average molecular weight is 240 g/mol. The summed E-state index contributed by atoms with van der Waals surface area (Å²) < 4.78 is 0. The van der Waals surface area contributed by atoms with Crippen molar-refractivity contribution in [2.45, 2.75) is 27.2 Å². The molecule has 2 rings (SSSR count). The van der Waals surface area contributed by atoms with Crippen molar-refractivity contribution in [2.75, 3.05) is 18.0 Å². The van der Waals surface area contributed by atoms with Gasteiger partial charge >= 0.3 is 0 Å². The van der Waals surface area contributed by atoms with E-state index >= 15 is 0 Å². The van der Waals surface area contributed by atoms with Crippen LogP contribution < -0.4 is 4.90 Å². The highest BCUT2D eigenvalue weighted by Crippen LogP contribution is 2.25. The summed E-state index contributed by atoms with van der Waals surface area (Å²) in [5, 5.41) is 0.348. The Labute approximate surface area is 102 Å². The van der Waals surface area contributed by atoms with Crippen LogP contribution in [0.25, 0.3) is 0 Å². The number of anilines is 1. The van der Waals surface area contributed by atoms with E-state index in [0.29, 0.717) is 5.28 Å². The molecule has 0 aliphatic carbocycles. The summed E-state index contributed by atoms with van der Waals surface area (Å²) in [6.45, 7) is 8.67. The van der Waals surface area contributed by atoms with Crippen molar-refractivity contribution in [3.63, 3.8) is 0 Å². The van der Waals surface area contributed by atoms with Gasteiger partial charge in [0.15, 0.2) is 0 Å². The molecule has 88 valence electrons. The fourth-order valence-electron chi connectivity index (χ4n) is 2.53. The van der Waals surface area contributed by atoms with Crippen molar-refractivity contribution >= 4 is 17.4 Å². The van der Waals surface area contributed by atoms with Gasteiger partial charge in [0.25, 0.3) is 0 Å². The Bertz CT molecular complexity index is 350. The zero-order valence-corrected chi connectivity index (χ0v) is 10.8. The van der Waals surface area contributed by atoms with Crippen LogP contribution >= 0.6 is 11.6 Å². The van der Waals surface area contributed by atoms with E-state index in [9.17, 15) is 0 Å². The second-order valence-corrected chi connectivity index (χ2v) is 5.33. The smallest absolute Gasteiger partial charge is 0.224 e. The van der Waals surface area contributed by atoms with Crippen LogP contribution in [0.15, 0.2) is 6.07 Å². The number of nitrogens with zero attached hydrogens (tertiary/aromatic N) is 3. The van der Waals surface area contributed by atoms with Crippen molar-refractivity contribution < 1.29 is 0 Å². The van der Waals surface area contributed by atoms with E-state index in [0.717, 1.165) is 36.4 Å². The van der Waals surface area contributed by atoms with Crippen molar-refractivity contribution in [3.05, 3.63) is 17.0 Å². The van der Waals surface area contributed by atoms with Gasteiger partial charge in [0.2, 0.25) is 5.28 Å². The highest BCUT2D eigenvalue weighted by Gasteiger charge is 2.23. The molecule has 0 N–H and O–H groups in total. The molecule has 2 heterocycles. The summed E-state index contributed by atoms with van der Waals surface area (Å²) in [4.78, 5) is 10.7. The summed E-state index contributed by atoms with van der Waals surface area (Å²) in [6.07, 6.45) is 1.30. The van der Waals surface area contributed by atoms with Gasteiger partial charge in [-0.25, -0.2) is 9.97 Å². The monoisotopic (exact) mass is 239 g/mol. The van der Waals surface area contributed by atoms with Crippen LogP contribution in [0.4, 0.5) is 5.82 Å². The van der Waals surface area contributed by atoms with Gasteiger partial charge in [-0.1, -0.05) is 13.8 Å². The molecule has 4 heteroatoms. The van der Waals surface area contributed by atoms with Gasteiger partial charge in [0.1, 0.15) is 5.82 Å². The van der Waals surface area contributed by atoms with Crippen LogP contribution in [0.5, 0.6) is 0 Å². The quantitative estimate of drug-likeness (QED) is 0.706. The highest BCUT2D eigenvalue weighted by atomic mass is 35.5. The maximum absolute atomic E-state index is 5.89. The molecule has 2 atom stereocenters. The molecule has 0 aromatic carbocycles. The number of rotatable bonds is 1. The second-order valence-electron chi connectivity index (χ2n) is 4.99. The van der Waals surface area contributed by atoms with E-state index in [-0.39, 0.29) is 0 Å². The molecule has 1 aromatic heterocycles. The van der Waals surface area contributed by atoms with Gasteiger partial charge in [-0.05, 0) is 36.8 Å². The van der Waals surface area contributed by atoms with Gasteiger partial charge < -0.3 is 4.90 Å². The van der Waals surface area contributed by atoms with Crippen LogP contribution in [0.2, 0.25) is 5.28 Å². The fourth-order valence-corrected chi connectivity index (χ4v) is 2.75. The first-order valence-electron chi connectivity index (χ1n) is 5.80. The number of halogens is 1. The van der Waals surface area contributed by atoms with Gasteiger partial charge in [0.05, 0.1) is 0 Å². The van der Waals surface area contributed by atoms with Crippen LogP contribution in [-0.2, 0) is 0 Å².